The summed E-state index contributed by atoms with van der Waals surface area (Å²) in [5, 5.41) is 3.23. The van der Waals surface area contributed by atoms with E-state index < -0.39 is 11.6 Å². The van der Waals surface area contributed by atoms with E-state index >= 15 is 0 Å². The van der Waals surface area contributed by atoms with Crippen LogP contribution in [-0.4, -0.2) is 18.4 Å². The molecule has 1 aliphatic rings. The molecule has 2 aromatic carbocycles. The first-order chi connectivity index (χ1) is 14.3. The van der Waals surface area contributed by atoms with Crippen molar-refractivity contribution in [3.63, 3.8) is 0 Å². The van der Waals surface area contributed by atoms with Gasteiger partial charge in [0.05, 0.1) is 15.7 Å². The molecule has 3 rings (SSSR count). The number of carbonyl (C=O) groups excluding carboxylic acids is 2. The van der Waals surface area contributed by atoms with Crippen LogP contribution in [0.1, 0.15) is 38.2 Å². The zero-order valence-corrected chi connectivity index (χ0v) is 18.0. The third-order valence-corrected chi connectivity index (χ3v) is 5.66. The van der Waals surface area contributed by atoms with Gasteiger partial charge in [-0.05, 0) is 48.9 Å². The maximum atomic E-state index is 14.0. The van der Waals surface area contributed by atoms with E-state index in [1.54, 1.807) is 12.1 Å². The van der Waals surface area contributed by atoms with Crippen LogP contribution >= 0.6 is 23.2 Å². The maximum absolute atomic E-state index is 14.0. The number of rotatable bonds is 6. The number of hydrogen-bond acceptors (Lipinski definition) is 2. The number of anilines is 2. The highest BCUT2D eigenvalue weighted by atomic mass is 35.5. The molecular formula is C22H22Cl2F2N2O2. The Kier molecular flexibility index (Phi) is 7.32. The van der Waals surface area contributed by atoms with E-state index in [0.717, 1.165) is 6.07 Å². The predicted octanol–water partition coefficient (Wildman–Crippen LogP) is 6.00. The summed E-state index contributed by atoms with van der Waals surface area (Å²) in [6, 6.07) is 6.64. The van der Waals surface area contributed by atoms with Crippen LogP contribution in [0, 0.1) is 17.6 Å². The minimum absolute atomic E-state index is 0.0290. The summed E-state index contributed by atoms with van der Waals surface area (Å²) in [5.74, 6) is -1.52. The Morgan fingerprint density at radius 1 is 1.20 bits per heavy atom. The van der Waals surface area contributed by atoms with Gasteiger partial charge in [0.15, 0.2) is 0 Å². The highest BCUT2D eigenvalue weighted by Crippen LogP contribution is 2.39. The lowest BCUT2D eigenvalue weighted by Crippen LogP contribution is -2.41. The molecule has 0 spiro atoms. The number of amides is 2. The lowest BCUT2D eigenvalue weighted by Gasteiger charge is -2.34. The predicted molar refractivity (Wildman–Crippen MR) is 115 cm³/mol. The Morgan fingerprint density at radius 2 is 1.90 bits per heavy atom. The largest absolute Gasteiger partial charge is 0.326 e. The van der Waals surface area contributed by atoms with E-state index in [4.69, 9.17) is 23.2 Å². The summed E-state index contributed by atoms with van der Waals surface area (Å²) in [5.41, 5.74) is 1.24. The van der Waals surface area contributed by atoms with E-state index in [9.17, 15) is 18.4 Å². The summed E-state index contributed by atoms with van der Waals surface area (Å²) in [7, 11) is 0. The van der Waals surface area contributed by atoms with Gasteiger partial charge in [0.1, 0.15) is 11.6 Å². The first kappa shape index (κ1) is 22.5. The summed E-state index contributed by atoms with van der Waals surface area (Å²) in [6.45, 7) is 2.22. The average Bonchev–Trinajstić information content (AvgIpc) is 2.66. The molecule has 1 heterocycles. The Labute approximate surface area is 184 Å². The number of nitrogens with one attached hydrogen (secondary N) is 1. The molecule has 0 aliphatic carbocycles. The molecule has 4 nitrogen and oxygen atoms in total. The lowest BCUT2D eigenvalue weighted by molar-refractivity contribution is -0.120. The van der Waals surface area contributed by atoms with Crippen molar-refractivity contribution in [2.75, 3.05) is 16.8 Å². The quantitative estimate of drug-likeness (QED) is 0.581. The third-order valence-electron chi connectivity index (χ3n) is 5.08. The van der Waals surface area contributed by atoms with Crippen LogP contribution in [0.3, 0.4) is 0 Å². The first-order valence-electron chi connectivity index (χ1n) is 9.81. The fourth-order valence-corrected chi connectivity index (χ4v) is 4.33. The van der Waals surface area contributed by atoms with Crippen LogP contribution in [0.5, 0.6) is 0 Å². The van der Waals surface area contributed by atoms with Crippen LogP contribution < -0.4 is 10.2 Å². The maximum Gasteiger partial charge on any atom is 0.227 e. The first-order valence-corrected chi connectivity index (χ1v) is 10.6. The topological polar surface area (TPSA) is 49.4 Å². The van der Waals surface area contributed by atoms with E-state index in [-0.39, 0.29) is 34.2 Å². The van der Waals surface area contributed by atoms with Crippen molar-refractivity contribution in [1.82, 2.24) is 0 Å². The van der Waals surface area contributed by atoms with Crippen molar-refractivity contribution < 1.29 is 18.4 Å². The minimum atomic E-state index is -0.624. The van der Waals surface area contributed by atoms with E-state index in [2.05, 4.69) is 5.32 Å². The number of carbonyl (C=O) groups is 2. The molecular weight excluding hydrogens is 433 g/mol. The highest BCUT2D eigenvalue weighted by Gasteiger charge is 2.30. The molecule has 1 unspecified atom stereocenters. The van der Waals surface area contributed by atoms with Gasteiger partial charge in [0, 0.05) is 31.1 Å². The van der Waals surface area contributed by atoms with Crippen molar-refractivity contribution >= 4 is 46.4 Å². The molecule has 1 N–H and O–H groups in total. The molecule has 1 saturated heterocycles. The van der Waals surface area contributed by atoms with Crippen molar-refractivity contribution in [2.24, 2.45) is 5.92 Å². The smallest absolute Gasteiger partial charge is 0.227 e. The van der Waals surface area contributed by atoms with Crippen molar-refractivity contribution in [2.45, 2.75) is 39.0 Å². The van der Waals surface area contributed by atoms with Crippen LogP contribution in [0.2, 0.25) is 10.0 Å². The van der Waals surface area contributed by atoms with Gasteiger partial charge in [-0.3, -0.25) is 9.59 Å². The number of hydrogen-bond donors (Lipinski definition) is 1. The zero-order chi connectivity index (χ0) is 21.8. The summed E-state index contributed by atoms with van der Waals surface area (Å²) < 4.78 is 27.2. The van der Waals surface area contributed by atoms with Crippen LogP contribution in [-0.2, 0) is 16.0 Å². The number of nitrogens with zero attached hydrogens (tertiary/aromatic N) is 1. The zero-order valence-electron chi connectivity index (χ0n) is 16.5. The molecule has 0 saturated carbocycles. The normalized spacial score (nSPS) is 16.6. The molecule has 1 aliphatic heterocycles. The van der Waals surface area contributed by atoms with Gasteiger partial charge in [-0.2, -0.15) is 0 Å². The van der Waals surface area contributed by atoms with E-state index in [1.165, 1.54) is 17.0 Å². The molecule has 8 heteroatoms. The van der Waals surface area contributed by atoms with Gasteiger partial charge in [0.25, 0.3) is 0 Å². The molecule has 0 aromatic heterocycles. The Morgan fingerprint density at radius 3 is 2.53 bits per heavy atom. The molecule has 2 amide bonds. The summed E-state index contributed by atoms with van der Waals surface area (Å²) in [4.78, 5) is 25.9. The lowest BCUT2D eigenvalue weighted by atomic mass is 9.90. The second kappa shape index (κ2) is 9.75. The highest BCUT2D eigenvalue weighted by molar-refractivity contribution is 6.40. The van der Waals surface area contributed by atoms with Gasteiger partial charge < -0.3 is 10.2 Å². The second-order valence-corrected chi connectivity index (χ2v) is 8.25. The Balaban J connectivity index is 1.79. The monoisotopic (exact) mass is 454 g/mol. The van der Waals surface area contributed by atoms with Crippen molar-refractivity contribution in [1.29, 1.82) is 0 Å². The van der Waals surface area contributed by atoms with Gasteiger partial charge in [-0.25, -0.2) is 8.78 Å². The number of halogens is 4. The van der Waals surface area contributed by atoms with Gasteiger partial charge in [-0.15, -0.1) is 0 Å². The van der Waals surface area contributed by atoms with Gasteiger partial charge >= 0.3 is 0 Å². The van der Waals surface area contributed by atoms with E-state index in [1.807, 2.05) is 6.92 Å². The molecule has 160 valence electrons. The molecule has 30 heavy (non-hydrogen) atoms. The number of piperidine rings is 1. The van der Waals surface area contributed by atoms with Crippen LogP contribution in [0.4, 0.5) is 20.2 Å². The standard InChI is InChI=1S/C22H22Cl2F2N2O2/c1-2-3-20(29)27-16-10-17(23)22(18(24)11-16)28-12-13(4-7-21(28)30)8-14-5-6-15(25)9-19(14)26/h5-6,9-11,13H,2-4,7-8,12H2,1H3,(H,27,29). The molecule has 1 atom stereocenters. The fraction of sp³-hybridized carbons (Fsp3) is 0.364. The summed E-state index contributed by atoms with van der Waals surface area (Å²) in [6.07, 6.45) is 2.32. The fourth-order valence-electron chi connectivity index (χ4n) is 3.64. The minimum Gasteiger partial charge on any atom is -0.326 e. The second-order valence-electron chi connectivity index (χ2n) is 7.44. The molecule has 0 radical (unpaired) electrons. The Bertz CT molecular complexity index is 945. The SMILES string of the molecule is CCCC(=O)Nc1cc(Cl)c(N2CC(Cc3ccc(F)cc3F)CCC2=O)c(Cl)c1. The Hall–Kier alpha value is -2.18. The van der Waals surface area contributed by atoms with Crippen molar-refractivity contribution in [3.05, 3.63) is 57.6 Å². The van der Waals surface area contributed by atoms with Crippen molar-refractivity contribution in [3.8, 4) is 0 Å². The third kappa shape index (κ3) is 5.29. The number of benzene rings is 2. The van der Waals surface area contributed by atoms with Gasteiger partial charge in [-0.1, -0.05) is 36.2 Å². The molecule has 2 aromatic rings. The summed E-state index contributed by atoms with van der Waals surface area (Å²) >= 11 is 12.8. The van der Waals surface area contributed by atoms with E-state index in [0.29, 0.717) is 49.2 Å². The molecule has 1 fully saturated rings. The van der Waals surface area contributed by atoms with Crippen LogP contribution in [0.25, 0.3) is 0 Å². The van der Waals surface area contributed by atoms with Crippen LogP contribution in [0.15, 0.2) is 30.3 Å². The van der Waals surface area contributed by atoms with Gasteiger partial charge in [0.2, 0.25) is 11.8 Å². The molecule has 0 bridgehead atoms. The average molecular weight is 455 g/mol.